The molecule has 6 nitrogen and oxygen atoms in total. The molecule has 0 unspecified atom stereocenters. The van der Waals surface area contributed by atoms with Gasteiger partial charge in [0.1, 0.15) is 5.60 Å². The van der Waals surface area contributed by atoms with E-state index < -0.39 is 17.3 Å². The molecule has 5 rings (SSSR count). The van der Waals surface area contributed by atoms with Gasteiger partial charge in [-0.1, -0.05) is 29.8 Å². The lowest BCUT2D eigenvalue weighted by Crippen LogP contribution is -2.46. The molecule has 3 fully saturated rings. The Labute approximate surface area is 205 Å². The number of piperidine rings is 1. The monoisotopic (exact) mass is 508 g/mol. The van der Waals surface area contributed by atoms with E-state index in [0.29, 0.717) is 50.5 Å². The molecule has 0 atom stereocenters. The topological polar surface area (TPSA) is 66.9 Å². The van der Waals surface area contributed by atoms with Crippen LogP contribution in [0, 0.1) is 0 Å². The Kier molecular flexibility index (Phi) is 7.22. The first kappa shape index (κ1) is 25.2. The minimum Gasteiger partial charge on any atom is -0.441 e. The van der Waals surface area contributed by atoms with E-state index in [4.69, 9.17) is 25.9 Å². The van der Waals surface area contributed by atoms with Crippen LogP contribution in [0.5, 0.6) is 0 Å². The molecule has 2 aromatic carbocycles. The third-order valence-corrected chi connectivity index (χ3v) is 7.06. The predicted octanol–water partition coefficient (Wildman–Crippen LogP) is 5.64. The van der Waals surface area contributed by atoms with Crippen molar-refractivity contribution in [3.05, 3.63) is 64.2 Å². The van der Waals surface area contributed by atoms with Crippen molar-refractivity contribution in [1.82, 2.24) is 4.90 Å². The van der Waals surface area contributed by atoms with Crippen LogP contribution in [0.3, 0.4) is 0 Å². The number of halogens is 4. The van der Waals surface area contributed by atoms with Gasteiger partial charge in [-0.05, 0) is 54.2 Å². The Morgan fingerprint density at radius 2 is 1.71 bits per heavy atom. The van der Waals surface area contributed by atoms with Gasteiger partial charge >= 0.3 is 18.4 Å². The molecule has 0 radical (unpaired) electrons. The van der Waals surface area contributed by atoms with E-state index in [0.717, 1.165) is 24.1 Å². The van der Waals surface area contributed by atoms with Gasteiger partial charge in [0.15, 0.2) is 0 Å². The lowest BCUT2D eigenvalue weighted by atomic mass is 9.90. The van der Waals surface area contributed by atoms with Crippen molar-refractivity contribution in [3.63, 3.8) is 0 Å². The lowest BCUT2D eigenvalue weighted by Gasteiger charge is -2.37. The van der Waals surface area contributed by atoms with Crippen molar-refractivity contribution in [3.8, 4) is 0 Å². The number of carbonyl (C=O) groups excluding carboxylic acids is 3. The van der Waals surface area contributed by atoms with Crippen LogP contribution < -0.4 is 4.90 Å². The number of likely N-dealkylation sites (tertiary alicyclic amines) is 1. The summed E-state index contributed by atoms with van der Waals surface area (Å²) in [5.41, 5.74) is 1.14. The highest BCUT2D eigenvalue weighted by Gasteiger charge is 2.47. The normalized spacial score (nSPS) is 19.7. The number of ether oxygens (including phenoxy) is 1. The summed E-state index contributed by atoms with van der Waals surface area (Å²) in [6.07, 6.45) is -1.28. The molecule has 2 saturated heterocycles. The number of hydrogen-bond acceptors (Lipinski definition) is 5. The predicted molar refractivity (Wildman–Crippen MR) is 121 cm³/mol. The zero-order valence-corrected chi connectivity index (χ0v) is 19.6. The summed E-state index contributed by atoms with van der Waals surface area (Å²) in [5, 5.41) is -0.223. The van der Waals surface area contributed by atoms with E-state index in [-0.39, 0.29) is 17.3 Å². The lowest BCUT2D eigenvalue weighted by molar-refractivity contribution is -0.191. The average molecular weight is 509 g/mol. The molecule has 0 N–H and O–H groups in total. The van der Waals surface area contributed by atoms with E-state index in [9.17, 15) is 18.0 Å². The summed E-state index contributed by atoms with van der Waals surface area (Å²) >= 11 is 5.97. The fraction of sp³-hybridized carbons (Fsp3) is 0.440. The van der Waals surface area contributed by atoms with E-state index in [1.54, 1.807) is 4.90 Å². The Morgan fingerprint density at radius 3 is 2.29 bits per heavy atom. The molecule has 2 aliphatic heterocycles. The van der Waals surface area contributed by atoms with Crippen molar-refractivity contribution in [1.29, 1.82) is 0 Å². The van der Waals surface area contributed by atoms with Gasteiger partial charge in [0, 0.05) is 38.2 Å². The van der Waals surface area contributed by atoms with Gasteiger partial charge in [0.25, 0.3) is 0 Å². The summed E-state index contributed by atoms with van der Waals surface area (Å²) in [6, 6.07) is 12.2. The molecule has 2 heterocycles. The van der Waals surface area contributed by atoms with Crippen LogP contribution in [0.25, 0.3) is 0 Å². The Hall–Kier alpha value is -2.87. The van der Waals surface area contributed by atoms with E-state index in [1.807, 2.05) is 30.3 Å². The van der Waals surface area contributed by atoms with Crippen LogP contribution in [0.2, 0.25) is 5.02 Å². The van der Waals surface area contributed by atoms with Gasteiger partial charge in [0.05, 0.1) is 17.1 Å². The molecule has 1 spiro atoms. The second kappa shape index (κ2) is 10.0. The minimum atomic E-state index is -4.47. The maximum atomic E-state index is 13.4. The average Bonchev–Trinajstić information content (AvgIpc) is 3.61. The van der Waals surface area contributed by atoms with E-state index in [2.05, 4.69) is 4.90 Å². The van der Waals surface area contributed by atoms with Crippen LogP contribution >= 0.6 is 11.6 Å². The highest BCUT2D eigenvalue weighted by molar-refractivity contribution is 6.31. The van der Waals surface area contributed by atoms with Gasteiger partial charge in [-0.3, -0.25) is 9.80 Å². The fourth-order valence-electron chi connectivity index (χ4n) is 4.81. The Morgan fingerprint density at radius 1 is 1.09 bits per heavy atom. The summed E-state index contributed by atoms with van der Waals surface area (Å²) in [7, 11) is 0. The molecule has 35 heavy (non-hydrogen) atoms. The van der Waals surface area contributed by atoms with Crippen LogP contribution in [-0.4, -0.2) is 42.4 Å². The largest absolute Gasteiger partial charge is 0.441 e. The second-order valence-electron chi connectivity index (χ2n) is 9.14. The first-order valence-electron chi connectivity index (χ1n) is 11.3. The third-order valence-electron chi connectivity index (χ3n) is 6.75. The quantitative estimate of drug-likeness (QED) is 0.534. The molecule has 1 aliphatic carbocycles. The van der Waals surface area contributed by atoms with Crippen molar-refractivity contribution >= 4 is 29.5 Å². The maximum absolute atomic E-state index is 13.4. The molecule has 3 aliphatic rings. The number of rotatable bonds is 4. The Bertz CT molecular complexity index is 1110. The maximum Gasteiger partial charge on any atom is 0.417 e. The highest BCUT2D eigenvalue weighted by atomic mass is 35.5. The standard InChI is InChI=1S/C24H24ClF3N2O2.CO2/c25-21-13-19(16-6-7-16)17(12-20(21)24(26,27)28)14-29-10-8-23(9-11-29)15-30(22(31)32-23)18-4-2-1-3-5-18;2-1-3/h1-5,12-13,16H,6-11,14-15H2;. The number of para-hydroxylation sites is 1. The van der Waals surface area contributed by atoms with Crippen LogP contribution in [0.15, 0.2) is 42.5 Å². The fourth-order valence-corrected chi connectivity index (χ4v) is 5.09. The molecule has 2 aromatic rings. The zero-order valence-electron chi connectivity index (χ0n) is 18.8. The first-order chi connectivity index (χ1) is 16.7. The summed E-state index contributed by atoms with van der Waals surface area (Å²) in [6.45, 7) is 2.25. The van der Waals surface area contributed by atoms with Crippen molar-refractivity contribution in [2.45, 2.75) is 49.9 Å². The van der Waals surface area contributed by atoms with E-state index >= 15 is 0 Å². The van der Waals surface area contributed by atoms with E-state index in [1.165, 1.54) is 12.1 Å². The number of alkyl halides is 3. The van der Waals surface area contributed by atoms with Crippen LogP contribution in [0.1, 0.15) is 48.3 Å². The number of anilines is 1. The van der Waals surface area contributed by atoms with Crippen molar-refractivity contribution in [2.75, 3.05) is 24.5 Å². The number of hydrogen-bond donors (Lipinski definition) is 0. The number of nitrogens with zero attached hydrogens (tertiary/aromatic N) is 2. The van der Waals surface area contributed by atoms with Crippen molar-refractivity contribution < 1.29 is 32.3 Å². The van der Waals surface area contributed by atoms with Crippen LogP contribution in [0.4, 0.5) is 23.7 Å². The second-order valence-corrected chi connectivity index (χ2v) is 9.54. The molecule has 10 heteroatoms. The smallest absolute Gasteiger partial charge is 0.417 e. The zero-order chi connectivity index (χ0) is 25.2. The number of benzene rings is 2. The van der Waals surface area contributed by atoms with Crippen LogP contribution in [-0.2, 0) is 27.0 Å². The molecule has 1 amide bonds. The molecular formula is C25H24ClF3N2O4. The minimum absolute atomic E-state index is 0.223. The molecule has 0 aromatic heterocycles. The summed E-state index contributed by atoms with van der Waals surface area (Å²) in [4.78, 5) is 32.5. The Balaban J connectivity index is 0.000000917. The number of carbonyl (C=O) groups is 1. The highest BCUT2D eigenvalue weighted by Crippen LogP contribution is 2.46. The third kappa shape index (κ3) is 5.69. The molecule has 0 bridgehead atoms. The molecular weight excluding hydrogens is 485 g/mol. The van der Waals surface area contributed by atoms with Gasteiger partial charge < -0.3 is 4.74 Å². The SMILES string of the molecule is O=C1OC2(CCN(Cc3cc(C(F)(F)F)c(Cl)cc3C3CC3)CC2)CN1c1ccccc1.O=C=O. The van der Waals surface area contributed by atoms with Gasteiger partial charge in [-0.2, -0.15) is 22.8 Å². The van der Waals surface area contributed by atoms with Gasteiger partial charge in [-0.25, -0.2) is 4.79 Å². The van der Waals surface area contributed by atoms with Gasteiger partial charge in [0.2, 0.25) is 0 Å². The number of amides is 1. The molecule has 186 valence electrons. The molecule has 1 saturated carbocycles. The van der Waals surface area contributed by atoms with Gasteiger partial charge in [-0.15, -0.1) is 0 Å². The first-order valence-corrected chi connectivity index (χ1v) is 11.7. The van der Waals surface area contributed by atoms with Crippen molar-refractivity contribution in [2.24, 2.45) is 0 Å². The summed E-state index contributed by atoms with van der Waals surface area (Å²) < 4.78 is 46.1. The summed E-state index contributed by atoms with van der Waals surface area (Å²) in [5.74, 6) is 0.302.